The molecule has 0 aliphatic heterocycles. The third-order valence-electron chi connectivity index (χ3n) is 3.06. The zero-order valence-corrected chi connectivity index (χ0v) is 10.6. The molecule has 0 bridgehead atoms. The lowest BCUT2D eigenvalue weighted by Crippen LogP contribution is -1.99. The molecule has 0 fully saturated rings. The summed E-state index contributed by atoms with van der Waals surface area (Å²) in [6, 6.07) is 11.0. The molecule has 1 aromatic heterocycles. The van der Waals surface area contributed by atoms with Crippen LogP contribution in [-0.2, 0) is 0 Å². The number of nitro benzene ring substituents is 1. The zero-order valence-electron chi connectivity index (χ0n) is 10.6. The van der Waals surface area contributed by atoms with Crippen LogP contribution < -0.4 is 0 Å². The third-order valence-corrected chi connectivity index (χ3v) is 3.06. The quantitative estimate of drug-likeness (QED) is 0.417. The van der Waals surface area contributed by atoms with Gasteiger partial charge in [0.05, 0.1) is 4.92 Å². The highest BCUT2D eigenvalue weighted by Crippen LogP contribution is 2.24. The standard InChI is InChI=1S/C15H8FNO4/c16-12-3-1-2-10-8-13(21-15(10)12)14(18)9-4-6-11(7-5-9)17(19)20/h1-8H. The van der Waals surface area contributed by atoms with Gasteiger partial charge in [-0.15, -0.1) is 0 Å². The molecule has 5 nitrogen and oxygen atoms in total. The molecule has 0 amide bonds. The van der Waals surface area contributed by atoms with Gasteiger partial charge in [-0.1, -0.05) is 12.1 Å². The van der Waals surface area contributed by atoms with Gasteiger partial charge in [-0.3, -0.25) is 14.9 Å². The Labute approximate surface area is 117 Å². The van der Waals surface area contributed by atoms with Gasteiger partial charge in [-0.25, -0.2) is 4.39 Å². The summed E-state index contributed by atoms with van der Waals surface area (Å²) in [5, 5.41) is 11.1. The van der Waals surface area contributed by atoms with Crippen molar-refractivity contribution < 1.29 is 18.5 Å². The maximum atomic E-state index is 13.5. The van der Waals surface area contributed by atoms with Crippen molar-refractivity contribution in [1.29, 1.82) is 0 Å². The molecule has 0 N–H and O–H groups in total. The van der Waals surface area contributed by atoms with E-state index in [1.165, 1.54) is 42.5 Å². The van der Waals surface area contributed by atoms with Crippen molar-refractivity contribution in [3.05, 3.63) is 75.8 Å². The van der Waals surface area contributed by atoms with E-state index in [1.54, 1.807) is 6.07 Å². The molecule has 0 aliphatic carbocycles. The second-order valence-corrected chi connectivity index (χ2v) is 4.40. The van der Waals surface area contributed by atoms with Crippen molar-refractivity contribution in [2.45, 2.75) is 0 Å². The largest absolute Gasteiger partial charge is 0.449 e. The Morgan fingerprint density at radius 2 is 1.86 bits per heavy atom. The molecule has 0 saturated carbocycles. The first-order valence-electron chi connectivity index (χ1n) is 6.03. The summed E-state index contributed by atoms with van der Waals surface area (Å²) in [7, 11) is 0. The summed E-state index contributed by atoms with van der Waals surface area (Å²) in [6.07, 6.45) is 0. The molecule has 0 atom stereocenters. The summed E-state index contributed by atoms with van der Waals surface area (Å²) in [6.45, 7) is 0. The van der Waals surface area contributed by atoms with Gasteiger partial charge in [-0.05, 0) is 24.3 Å². The van der Waals surface area contributed by atoms with Crippen LogP contribution in [0.15, 0.2) is 52.9 Å². The summed E-state index contributed by atoms with van der Waals surface area (Å²) in [5.74, 6) is -1.01. The molecule has 6 heteroatoms. The van der Waals surface area contributed by atoms with Gasteiger partial charge < -0.3 is 4.42 Å². The van der Waals surface area contributed by atoms with Gasteiger partial charge in [0.1, 0.15) is 0 Å². The molecule has 21 heavy (non-hydrogen) atoms. The van der Waals surface area contributed by atoms with Crippen LogP contribution in [0, 0.1) is 15.9 Å². The lowest BCUT2D eigenvalue weighted by molar-refractivity contribution is -0.384. The first-order valence-corrected chi connectivity index (χ1v) is 6.03. The average molecular weight is 285 g/mol. The van der Waals surface area contributed by atoms with E-state index in [1.807, 2.05) is 0 Å². The predicted octanol–water partition coefficient (Wildman–Crippen LogP) is 3.71. The fourth-order valence-electron chi connectivity index (χ4n) is 2.02. The Kier molecular flexibility index (Phi) is 2.98. The summed E-state index contributed by atoms with van der Waals surface area (Å²) < 4.78 is 18.8. The van der Waals surface area contributed by atoms with E-state index < -0.39 is 16.5 Å². The van der Waals surface area contributed by atoms with Gasteiger partial charge in [0, 0.05) is 23.1 Å². The minimum absolute atomic E-state index is 0.0102. The van der Waals surface area contributed by atoms with Gasteiger partial charge in [0.25, 0.3) is 5.69 Å². The molecule has 0 radical (unpaired) electrons. The number of hydrogen-bond acceptors (Lipinski definition) is 4. The Hall–Kier alpha value is -3.02. The van der Waals surface area contributed by atoms with E-state index >= 15 is 0 Å². The fourth-order valence-corrected chi connectivity index (χ4v) is 2.02. The Morgan fingerprint density at radius 1 is 1.14 bits per heavy atom. The van der Waals surface area contributed by atoms with Crippen molar-refractivity contribution in [3.63, 3.8) is 0 Å². The van der Waals surface area contributed by atoms with Gasteiger partial charge in [0.2, 0.25) is 5.78 Å². The lowest BCUT2D eigenvalue weighted by atomic mass is 10.1. The number of non-ortho nitro benzene ring substituents is 1. The predicted molar refractivity (Wildman–Crippen MR) is 72.7 cm³/mol. The smallest absolute Gasteiger partial charge is 0.269 e. The molecule has 3 aromatic rings. The van der Waals surface area contributed by atoms with Crippen LogP contribution in [0.2, 0.25) is 0 Å². The Morgan fingerprint density at radius 3 is 2.48 bits per heavy atom. The average Bonchev–Trinajstić information content (AvgIpc) is 2.92. The number of benzene rings is 2. The highest BCUT2D eigenvalue weighted by Gasteiger charge is 2.17. The van der Waals surface area contributed by atoms with E-state index in [0.717, 1.165) is 0 Å². The van der Waals surface area contributed by atoms with Crippen LogP contribution in [0.1, 0.15) is 16.1 Å². The fraction of sp³-hybridized carbons (Fsp3) is 0. The molecule has 2 aromatic carbocycles. The van der Waals surface area contributed by atoms with E-state index in [9.17, 15) is 19.3 Å². The first-order chi connectivity index (χ1) is 10.1. The first kappa shape index (κ1) is 13.0. The van der Waals surface area contributed by atoms with Crippen molar-refractivity contribution in [3.8, 4) is 0 Å². The summed E-state index contributed by atoms with van der Waals surface area (Å²) in [4.78, 5) is 22.2. The lowest BCUT2D eigenvalue weighted by Gasteiger charge is -1.97. The third kappa shape index (κ3) is 2.27. The number of nitro groups is 1. The normalized spacial score (nSPS) is 10.7. The summed E-state index contributed by atoms with van der Waals surface area (Å²) in [5.41, 5.74) is 0.144. The molecule has 3 rings (SSSR count). The second kappa shape index (κ2) is 4.82. The SMILES string of the molecule is O=C(c1ccc([N+](=O)[O-])cc1)c1cc2cccc(F)c2o1. The molecule has 0 aliphatic rings. The van der Waals surface area contributed by atoms with Gasteiger partial charge in [-0.2, -0.15) is 0 Å². The molecular weight excluding hydrogens is 277 g/mol. The number of fused-ring (bicyclic) bond motifs is 1. The molecule has 0 unspecified atom stereocenters. The maximum Gasteiger partial charge on any atom is 0.269 e. The van der Waals surface area contributed by atoms with E-state index in [2.05, 4.69) is 0 Å². The van der Waals surface area contributed by atoms with E-state index in [0.29, 0.717) is 5.39 Å². The molecular formula is C15H8FNO4. The van der Waals surface area contributed by atoms with Crippen LogP contribution >= 0.6 is 0 Å². The Bertz CT molecular complexity index is 852. The topological polar surface area (TPSA) is 73.3 Å². The maximum absolute atomic E-state index is 13.5. The van der Waals surface area contributed by atoms with Crippen LogP contribution in [0.5, 0.6) is 0 Å². The monoisotopic (exact) mass is 285 g/mol. The number of ketones is 1. The van der Waals surface area contributed by atoms with Gasteiger partial charge in [0.15, 0.2) is 17.2 Å². The number of carbonyl (C=O) groups is 1. The second-order valence-electron chi connectivity index (χ2n) is 4.40. The van der Waals surface area contributed by atoms with Crippen molar-refractivity contribution >= 4 is 22.4 Å². The zero-order chi connectivity index (χ0) is 15.0. The molecule has 0 saturated heterocycles. The van der Waals surface area contributed by atoms with E-state index in [4.69, 9.17) is 4.42 Å². The molecule has 104 valence electrons. The highest BCUT2D eigenvalue weighted by molar-refractivity contribution is 6.09. The number of halogens is 1. The van der Waals surface area contributed by atoms with Gasteiger partial charge >= 0.3 is 0 Å². The van der Waals surface area contributed by atoms with Crippen molar-refractivity contribution in [2.24, 2.45) is 0 Å². The van der Waals surface area contributed by atoms with Crippen LogP contribution in [0.4, 0.5) is 10.1 Å². The van der Waals surface area contributed by atoms with Crippen molar-refractivity contribution in [2.75, 3.05) is 0 Å². The Balaban J connectivity index is 2.00. The van der Waals surface area contributed by atoms with Crippen LogP contribution in [-0.4, -0.2) is 10.7 Å². The number of hydrogen-bond donors (Lipinski definition) is 0. The number of nitrogens with zero attached hydrogens (tertiary/aromatic N) is 1. The van der Waals surface area contributed by atoms with Crippen LogP contribution in [0.3, 0.4) is 0 Å². The summed E-state index contributed by atoms with van der Waals surface area (Å²) >= 11 is 0. The van der Waals surface area contributed by atoms with E-state index in [-0.39, 0.29) is 22.6 Å². The number of furan rings is 1. The molecule has 0 spiro atoms. The van der Waals surface area contributed by atoms with Crippen LogP contribution in [0.25, 0.3) is 11.0 Å². The highest BCUT2D eigenvalue weighted by atomic mass is 19.1. The number of para-hydroxylation sites is 1. The minimum Gasteiger partial charge on any atom is -0.449 e. The number of rotatable bonds is 3. The molecule has 1 heterocycles. The minimum atomic E-state index is -0.551. The van der Waals surface area contributed by atoms with Crippen molar-refractivity contribution in [1.82, 2.24) is 0 Å². The number of carbonyl (C=O) groups excluding carboxylic acids is 1.